The van der Waals surface area contributed by atoms with Crippen molar-refractivity contribution in [1.82, 2.24) is 4.90 Å². The summed E-state index contributed by atoms with van der Waals surface area (Å²) in [7, 11) is 5.50. The molecule has 0 spiro atoms. The number of methoxy groups -OCH3 is 1. The van der Waals surface area contributed by atoms with Crippen LogP contribution in [-0.4, -0.2) is 44.6 Å². The average Bonchev–Trinajstić information content (AvgIpc) is 2.21. The second kappa shape index (κ2) is 7.29. The maximum Gasteiger partial charge on any atom is 0.124 e. The minimum absolute atomic E-state index is 0.388. The first-order chi connectivity index (χ1) is 7.02. The van der Waals surface area contributed by atoms with Gasteiger partial charge < -0.3 is 15.4 Å². The van der Waals surface area contributed by atoms with Crippen LogP contribution in [-0.2, 0) is 4.74 Å². The van der Waals surface area contributed by atoms with Crippen molar-refractivity contribution in [3.05, 3.63) is 11.8 Å². The molecule has 0 aromatic rings. The minimum Gasteiger partial charge on any atom is -0.402 e. The van der Waals surface area contributed by atoms with Crippen molar-refractivity contribution in [1.29, 1.82) is 0 Å². The SMILES string of the molecule is C/N=C(\C=C(\C)N)N(C)C(C)CCOC. The van der Waals surface area contributed by atoms with E-state index in [1.807, 2.05) is 20.0 Å². The highest BCUT2D eigenvalue weighted by molar-refractivity contribution is 5.93. The molecule has 0 aliphatic heterocycles. The van der Waals surface area contributed by atoms with Gasteiger partial charge in [-0.15, -0.1) is 0 Å². The summed E-state index contributed by atoms with van der Waals surface area (Å²) in [5.74, 6) is 0.901. The zero-order valence-corrected chi connectivity index (χ0v) is 10.4. The number of hydrogen-bond acceptors (Lipinski definition) is 3. The molecule has 4 nitrogen and oxygen atoms in total. The van der Waals surface area contributed by atoms with Crippen molar-refractivity contribution in [2.75, 3.05) is 27.8 Å². The van der Waals surface area contributed by atoms with Crippen molar-refractivity contribution in [3.8, 4) is 0 Å². The lowest BCUT2D eigenvalue weighted by atomic mass is 10.2. The summed E-state index contributed by atoms with van der Waals surface area (Å²) in [5.41, 5.74) is 6.40. The summed E-state index contributed by atoms with van der Waals surface area (Å²) in [6.07, 6.45) is 2.85. The van der Waals surface area contributed by atoms with Gasteiger partial charge in [-0.25, -0.2) is 0 Å². The van der Waals surface area contributed by atoms with Gasteiger partial charge in [0.25, 0.3) is 0 Å². The Kier molecular flexibility index (Phi) is 6.79. The fraction of sp³-hybridized carbons (Fsp3) is 0.727. The molecule has 0 aromatic heterocycles. The van der Waals surface area contributed by atoms with Gasteiger partial charge in [0.1, 0.15) is 5.84 Å². The fourth-order valence-electron chi connectivity index (χ4n) is 1.24. The Morgan fingerprint density at radius 3 is 2.60 bits per heavy atom. The van der Waals surface area contributed by atoms with Crippen molar-refractivity contribution in [2.24, 2.45) is 10.7 Å². The second-order valence-corrected chi connectivity index (χ2v) is 3.71. The van der Waals surface area contributed by atoms with Crippen molar-refractivity contribution in [3.63, 3.8) is 0 Å². The topological polar surface area (TPSA) is 50.8 Å². The number of nitrogens with zero attached hydrogens (tertiary/aromatic N) is 2. The average molecular weight is 213 g/mol. The van der Waals surface area contributed by atoms with E-state index in [9.17, 15) is 0 Å². The quantitative estimate of drug-likeness (QED) is 0.552. The summed E-state index contributed by atoms with van der Waals surface area (Å²) >= 11 is 0. The monoisotopic (exact) mass is 213 g/mol. The Hall–Kier alpha value is -1.03. The predicted molar refractivity (Wildman–Crippen MR) is 65.0 cm³/mol. The fourth-order valence-corrected chi connectivity index (χ4v) is 1.24. The van der Waals surface area contributed by atoms with E-state index in [0.29, 0.717) is 6.04 Å². The van der Waals surface area contributed by atoms with Crippen LogP contribution in [0.25, 0.3) is 0 Å². The minimum atomic E-state index is 0.388. The number of rotatable bonds is 5. The van der Waals surface area contributed by atoms with Crippen LogP contribution in [0.15, 0.2) is 16.8 Å². The number of nitrogens with two attached hydrogens (primary N) is 1. The molecule has 15 heavy (non-hydrogen) atoms. The van der Waals surface area contributed by atoms with Crippen molar-refractivity contribution < 1.29 is 4.74 Å². The Morgan fingerprint density at radius 1 is 1.60 bits per heavy atom. The lowest BCUT2D eigenvalue weighted by Gasteiger charge is -2.26. The van der Waals surface area contributed by atoms with Crippen LogP contribution in [0.5, 0.6) is 0 Å². The van der Waals surface area contributed by atoms with Crippen LogP contribution in [0.2, 0.25) is 0 Å². The molecule has 0 fully saturated rings. The Morgan fingerprint density at radius 2 is 2.20 bits per heavy atom. The van der Waals surface area contributed by atoms with Gasteiger partial charge in [-0.05, 0) is 26.3 Å². The number of ether oxygens (including phenoxy) is 1. The summed E-state index contributed by atoms with van der Waals surface area (Å²) in [6, 6.07) is 0.388. The lowest BCUT2D eigenvalue weighted by molar-refractivity contribution is 0.173. The number of amidine groups is 1. The smallest absolute Gasteiger partial charge is 0.124 e. The first-order valence-electron chi connectivity index (χ1n) is 5.15. The molecule has 0 saturated heterocycles. The van der Waals surface area contributed by atoms with E-state index in [1.165, 1.54) is 0 Å². The van der Waals surface area contributed by atoms with E-state index in [2.05, 4.69) is 16.8 Å². The third-order valence-electron chi connectivity index (χ3n) is 2.35. The molecular formula is C11H23N3O. The van der Waals surface area contributed by atoms with E-state index in [0.717, 1.165) is 24.6 Å². The summed E-state index contributed by atoms with van der Waals surface area (Å²) < 4.78 is 5.05. The molecule has 2 N–H and O–H groups in total. The first kappa shape index (κ1) is 14.0. The van der Waals surface area contributed by atoms with Gasteiger partial charge in [0.15, 0.2) is 0 Å². The predicted octanol–water partition coefficient (Wildman–Crippen LogP) is 1.23. The standard InChI is InChI=1S/C11H23N3O/c1-9(12)8-11(13-3)14(4)10(2)6-7-15-5/h8,10H,6-7,12H2,1-5H3/b9-8-,13-11+. The molecule has 0 aliphatic rings. The van der Waals surface area contributed by atoms with Gasteiger partial charge in [0, 0.05) is 39.6 Å². The molecule has 4 heteroatoms. The highest BCUT2D eigenvalue weighted by atomic mass is 16.5. The second-order valence-electron chi connectivity index (χ2n) is 3.71. The van der Waals surface area contributed by atoms with E-state index in [1.54, 1.807) is 14.2 Å². The van der Waals surface area contributed by atoms with E-state index in [-0.39, 0.29) is 0 Å². The van der Waals surface area contributed by atoms with Crippen molar-refractivity contribution in [2.45, 2.75) is 26.3 Å². The van der Waals surface area contributed by atoms with Crippen molar-refractivity contribution >= 4 is 5.84 Å². The normalized spacial score (nSPS) is 15.3. The summed E-state index contributed by atoms with van der Waals surface area (Å²) in [5, 5.41) is 0. The van der Waals surface area contributed by atoms with E-state index < -0.39 is 0 Å². The van der Waals surface area contributed by atoms with Gasteiger partial charge >= 0.3 is 0 Å². The van der Waals surface area contributed by atoms with E-state index >= 15 is 0 Å². The molecule has 1 atom stereocenters. The molecule has 0 aliphatic carbocycles. The van der Waals surface area contributed by atoms with Gasteiger partial charge in [-0.3, -0.25) is 4.99 Å². The molecule has 1 unspecified atom stereocenters. The van der Waals surface area contributed by atoms with Crippen LogP contribution >= 0.6 is 0 Å². The largest absolute Gasteiger partial charge is 0.402 e. The third-order valence-corrected chi connectivity index (χ3v) is 2.35. The summed E-state index contributed by atoms with van der Waals surface area (Å²) in [4.78, 5) is 6.31. The van der Waals surface area contributed by atoms with Crippen LogP contribution in [0.4, 0.5) is 0 Å². The number of allylic oxidation sites excluding steroid dienone is 1. The maximum absolute atomic E-state index is 5.64. The number of likely N-dealkylation sites (N-methyl/N-ethyl adjacent to an activating group) is 1. The molecule has 0 saturated carbocycles. The first-order valence-corrected chi connectivity index (χ1v) is 5.15. The van der Waals surface area contributed by atoms with Gasteiger partial charge in [0.05, 0.1) is 0 Å². The molecule has 88 valence electrons. The Labute approximate surface area is 92.8 Å². The maximum atomic E-state index is 5.64. The van der Waals surface area contributed by atoms with Crippen LogP contribution < -0.4 is 5.73 Å². The zero-order valence-electron chi connectivity index (χ0n) is 10.4. The van der Waals surface area contributed by atoms with E-state index in [4.69, 9.17) is 10.5 Å². The van der Waals surface area contributed by atoms with Gasteiger partial charge in [-0.2, -0.15) is 0 Å². The number of hydrogen-bond donors (Lipinski definition) is 1. The van der Waals surface area contributed by atoms with Crippen LogP contribution in [0.3, 0.4) is 0 Å². The molecule has 0 amide bonds. The molecule has 0 bridgehead atoms. The molecule has 0 radical (unpaired) electrons. The van der Waals surface area contributed by atoms with Crippen LogP contribution in [0.1, 0.15) is 20.3 Å². The van der Waals surface area contributed by atoms with Gasteiger partial charge in [-0.1, -0.05) is 0 Å². The highest BCUT2D eigenvalue weighted by Crippen LogP contribution is 2.04. The molecule has 0 heterocycles. The lowest BCUT2D eigenvalue weighted by Crippen LogP contribution is -2.35. The summed E-state index contributed by atoms with van der Waals surface area (Å²) in [6.45, 7) is 4.76. The Balaban J connectivity index is 4.39. The highest BCUT2D eigenvalue weighted by Gasteiger charge is 2.11. The molecule has 0 rings (SSSR count). The molecular weight excluding hydrogens is 190 g/mol. The van der Waals surface area contributed by atoms with Crippen LogP contribution in [0, 0.1) is 0 Å². The number of aliphatic imine (C=N–C) groups is 1. The van der Waals surface area contributed by atoms with Gasteiger partial charge in [0.2, 0.25) is 0 Å². The third kappa shape index (κ3) is 5.42. The Bertz CT molecular complexity index is 232. The molecule has 0 aromatic carbocycles. The zero-order chi connectivity index (χ0) is 11.8.